The minimum absolute atomic E-state index is 0.956. The van der Waals surface area contributed by atoms with Gasteiger partial charge in [-0.2, -0.15) is 0 Å². The highest BCUT2D eigenvalue weighted by atomic mass is 14.1. The average molecular weight is 493 g/mol. The molecular formula is C35H72. The molecule has 212 valence electrons. The van der Waals surface area contributed by atoms with Crippen molar-refractivity contribution >= 4 is 0 Å². The van der Waals surface area contributed by atoms with Crippen LogP contribution in [0.4, 0.5) is 0 Å². The van der Waals surface area contributed by atoms with Gasteiger partial charge in [0.05, 0.1) is 0 Å². The third kappa shape index (κ3) is 30.1. The van der Waals surface area contributed by atoms with Gasteiger partial charge in [0, 0.05) is 0 Å². The van der Waals surface area contributed by atoms with E-state index >= 15 is 0 Å². The van der Waals surface area contributed by atoms with E-state index in [4.69, 9.17) is 0 Å². The Bertz CT molecular complexity index is 359. The number of unbranched alkanes of at least 4 members (excludes halogenated alkanes) is 22. The van der Waals surface area contributed by atoms with E-state index in [0.29, 0.717) is 0 Å². The van der Waals surface area contributed by atoms with Crippen LogP contribution in [0.1, 0.15) is 214 Å². The van der Waals surface area contributed by atoms with Gasteiger partial charge in [0.2, 0.25) is 0 Å². The first kappa shape index (κ1) is 35.0. The lowest BCUT2D eigenvalue weighted by atomic mass is 9.92. The second-order valence-corrected chi connectivity index (χ2v) is 12.5. The molecule has 0 aliphatic carbocycles. The van der Waals surface area contributed by atoms with Crippen LogP contribution in [-0.2, 0) is 0 Å². The van der Waals surface area contributed by atoms with Crippen molar-refractivity contribution < 1.29 is 0 Å². The van der Waals surface area contributed by atoms with Crippen molar-refractivity contribution in [3.05, 3.63) is 0 Å². The van der Waals surface area contributed by atoms with Gasteiger partial charge in [-0.05, 0) is 11.8 Å². The van der Waals surface area contributed by atoms with Gasteiger partial charge in [-0.25, -0.2) is 0 Å². The summed E-state index contributed by atoms with van der Waals surface area (Å²) >= 11 is 0. The van der Waals surface area contributed by atoms with Crippen LogP contribution >= 0.6 is 0 Å². The summed E-state index contributed by atoms with van der Waals surface area (Å²) < 4.78 is 0. The van der Waals surface area contributed by atoms with Crippen LogP contribution in [0.5, 0.6) is 0 Å². The van der Waals surface area contributed by atoms with E-state index in [2.05, 4.69) is 27.7 Å². The van der Waals surface area contributed by atoms with E-state index in [9.17, 15) is 0 Å². The summed E-state index contributed by atoms with van der Waals surface area (Å²) in [6.45, 7) is 9.60. The van der Waals surface area contributed by atoms with Crippen molar-refractivity contribution in [2.24, 2.45) is 11.8 Å². The lowest BCUT2D eigenvalue weighted by molar-refractivity contribution is 0.391. The van der Waals surface area contributed by atoms with Crippen LogP contribution in [0.25, 0.3) is 0 Å². The molecule has 0 nitrogen and oxygen atoms in total. The van der Waals surface area contributed by atoms with E-state index in [1.165, 1.54) is 186 Å². The molecule has 0 heteroatoms. The van der Waals surface area contributed by atoms with Gasteiger partial charge in [0.25, 0.3) is 0 Å². The molecule has 0 spiro atoms. The first-order valence-corrected chi connectivity index (χ1v) is 17.2. The van der Waals surface area contributed by atoms with Gasteiger partial charge in [0.1, 0.15) is 0 Å². The molecule has 2 atom stereocenters. The van der Waals surface area contributed by atoms with Crippen molar-refractivity contribution in [1.29, 1.82) is 0 Å². The zero-order chi connectivity index (χ0) is 25.7. The molecule has 0 rings (SSSR count). The smallest absolute Gasteiger partial charge is 0.0443 e. The monoisotopic (exact) mass is 493 g/mol. The van der Waals surface area contributed by atoms with E-state index in [-0.39, 0.29) is 0 Å². The van der Waals surface area contributed by atoms with Crippen molar-refractivity contribution in [1.82, 2.24) is 0 Å². The molecule has 0 heterocycles. The van der Waals surface area contributed by atoms with Crippen molar-refractivity contribution in [2.75, 3.05) is 0 Å². The molecule has 0 aromatic heterocycles. The van der Waals surface area contributed by atoms with Gasteiger partial charge in [0.15, 0.2) is 0 Å². The molecule has 0 aliphatic rings. The van der Waals surface area contributed by atoms with Crippen LogP contribution in [0.3, 0.4) is 0 Å². The predicted molar refractivity (Wildman–Crippen MR) is 164 cm³/mol. The Kier molecular flexibility index (Phi) is 30.2. The molecule has 0 aromatic rings. The van der Waals surface area contributed by atoms with E-state index in [1.807, 2.05) is 0 Å². The molecule has 0 aliphatic heterocycles. The lowest BCUT2D eigenvalue weighted by Gasteiger charge is -2.14. The number of hydrogen-bond acceptors (Lipinski definition) is 0. The molecule has 35 heavy (non-hydrogen) atoms. The Balaban J connectivity index is 3.18. The van der Waals surface area contributed by atoms with Crippen molar-refractivity contribution in [3.8, 4) is 0 Å². The topological polar surface area (TPSA) is 0 Å². The molecule has 0 aromatic carbocycles. The van der Waals surface area contributed by atoms with Gasteiger partial charge < -0.3 is 0 Å². The maximum Gasteiger partial charge on any atom is -0.0443 e. The maximum absolute atomic E-state index is 2.50. The lowest BCUT2D eigenvalue weighted by Crippen LogP contribution is -1.99. The predicted octanol–water partition coefficient (Wildman–Crippen LogP) is 13.6. The summed E-state index contributed by atoms with van der Waals surface area (Å²) in [6.07, 6.45) is 42.7. The van der Waals surface area contributed by atoms with Crippen LogP contribution in [0.15, 0.2) is 0 Å². The second kappa shape index (κ2) is 30.2. The zero-order valence-electron chi connectivity index (χ0n) is 25.7. The van der Waals surface area contributed by atoms with Crippen LogP contribution in [0, 0.1) is 11.8 Å². The molecule has 0 saturated carbocycles. The highest BCUT2D eigenvalue weighted by Gasteiger charge is 2.06. The minimum Gasteiger partial charge on any atom is -0.0654 e. The molecule has 0 saturated heterocycles. The van der Waals surface area contributed by atoms with E-state index in [1.54, 1.807) is 0 Å². The quantitative estimate of drug-likeness (QED) is 0.0874. The normalized spacial score (nSPS) is 13.4. The molecular weight excluding hydrogens is 420 g/mol. The van der Waals surface area contributed by atoms with E-state index in [0.717, 1.165) is 11.8 Å². The molecule has 0 N–H and O–H groups in total. The fraction of sp³-hybridized carbons (Fsp3) is 1.00. The minimum atomic E-state index is 0.956. The molecule has 2 unspecified atom stereocenters. The fourth-order valence-electron chi connectivity index (χ4n) is 5.77. The molecule has 0 bridgehead atoms. The highest BCUT2D eigenvalue weighted by molar-refractivity contribution is 4.59. The van der Waals surface area contributed by atoms with Gasteiger partial charge in [-0.15, -0.1) is 0 Å². The summed E-state index contributed by atoms with van der Waals surface area (Å²) in [7, 11) is 0. The van der Waals surface area contributed by atoms with Crippen molar-refractivity contribution in [3.63, 3.8) is 0 Å². The van der Waals surface area contributed by atoms with Crippen LogP contribution in [-0.4, -0.2) is 0 Å². The Morgan fingerprint density at radius 2 is 0.457 bits per heavy atom. The second-order valence-electron chi connectivity index (χ2n) is 12.5. The summed E-state index contributed by atoms with van der Waals surface area (Å²) in [6, 6.07) is 0. The Morgan fingerprint density at radius 1 is 0.257 bits per heavy atom. The first-order chi connectivity index (χ1) is 17.2. The van der Waals surface area contributed by atoms with Crippen LogP contribution < -0.4 is 0 Å². The van der Waals surface area contributed by atoms with Crippen molar-refractivity contribution in [2.45, 2.75) is 214 Å². The van der Waals surface area contributed by atoms with Gasteiger partial charge in [-0.3, -0.25) is 0 Å². The SMILES string of the molecule is CCCCCCCCCCCCCCCCCCCCCCC(C)CCCC(C)CCCCCC. The van der Waals surface area contributed by atoms with Gasteiger partial charge >= 0.3 is 0 Å². The van der Waals surface area contributed by atoms with Crippen LogP contribution in [0.2, 0.25) is 0 Å². The number of rotatable bonds is 30. The van der Waals surface area contributed by atoms with E-state index < -0.39 is 0 Å². The third-order valence-corrected chi connectivity index (χ3v) is 8.49. The summed E-state index contributed by atoms with van der Waals surface area (Å²) in [4.78, 5) is 0. The molecule has 0 fully saturated rings. The average Bonchev–Trinajstić information content (AvgIpc) is 2.85. The Morgan fingerprint density at radius 3 is 0.743 bits per heavy atom. The summed E-state index contributed by atoms with van der Waals surface area (Å²) in [5.41, 5.74) is 0. The maximum atomic E-state index is 2.50. The fourth-order valence-corrected chi connectivity index (χ4v) is 5.77. The Labute approximate surface area is 225 Å². The third-order valence-electron chi connectivity index (χ3n) is 8.49. The first-order valence-electron chi connectivity index (χ1n) is 17.2. The Hall–Kier alpha value is 0. The largest absolute Gasteiger partial charge is 0.0654 e. The summed E-state index contributed by atoms with van der Waals surface area (Å²) in [5.74, 6) is 1.91. The zero-order valence-corrected chi connectivity index (χ0v) is 25.7. The van der Waals surface area contributed by atoms with Gasteiger partial charge in [-0.1, -0.05) is 214 Å². The molecule has 0 radical (unpaired) electrons. The highest BCUT2D eigenvalue weighted by Crippen LogP contribution is 2.22. The number of hydrogen-bond donors (Lipinski definition) is 0. The summed E-state index contributed by atoms with van der Waals surface area (Å²) in [5, 5.41) is 0. The molecule has 0 amide bonds. The standard InChI is InChI=1S/C35H72/c1-5-7-9-11-12-13-14-15-16-17-18-19-20-21-22-23-24-25-26-28-31-35(4)33-29-32-34(3)30-27-10-8-6-2/h34-35H,5-33H2,1-4H3.